The Kier molecular flexibility index (Phi) is 23.4. The summed E-state index contributed by atoms with van der Waals surface area (Å²) in [5.74, 6) is -0.257. The van der Waals surface area contributed by atoms with Gasteiger partial charge in [0.1, 0.15) is 31.3 Å². The molecule has 0 saturated carbocycles. The highest BCUT2D eigenvalue weighted by Gasteiger charge is 2.52. The number of ether oxygens (including phenoxy) is 8. The lowest BCUT2D eigenvalue weighted by Gasteiger charge is -2.26. The van der Waals surface area contributed by atoms with E-state index in [1.54, 1.807) is 53.2 Å². The summed E-state index contributed by atoms with van der Waals surface area (Å²) in [6.45, 7) is 27.2. The predicted octanol–water partition coefficient (Wildman–Crippen LogP) is 14.2. The highest BCUT2D eigenvalue weighted by molar-refractivity contribution is 7.87. The molecule has 5 aromatic carbocycles. The Labute approximate surface area is 603 Å². The third-order valence-electron chi connectivity index (χ3n) is 18.3. The summed E-state index contributed by atoms with van der Waals surface area (Å²) in [7, 11) is 0.204. The van der Waals surface area contributed by atoms with Crippen molar-refractivity contribution < 1.29 is 87.6 Å². The zero-order valence-corrected chi connectivity index (χ0v) is 64.6. The monoisotopic (exact) mass is 1480 g/mol. The fourth-order valence-corrected chi connectivity index (χ4v) is 14.2. The number of hydrogen-bond acceptors (Lipinski definition) is 17. The fourth-order valence-electron chi connectivity index (χ4n) is 12.2. The quantitative estimate of drug-likeness (QED) is 0.0305. The molecule has 5 amide bonds. The van der Waals surface area contributed by atoms with Crippen LogP contribution in [0.4, 0.5) is 30.2 Å². The third kappa shape index (κ3) is 17.5. The lowest BCUT2D eigenvalue weighted by atomic mass is 9.86. The van der Waals surface area contributed by atoms with Gasteiger partial charge in [0.2, 0.25) is 0 Å². The smallest absolute Gasteiger partial charge is 0.493 e. The number of methoxy groups -OCH3 is 6. The Morgan fingerprint density at radius 2 is 0.854 bits per heavy atom. The molecule has 22 nitrogen and oxygen atoms in total. The zero-order valence-electron chi connectivity index (χ0n) is 61.7. The second-order valence-corrected chi connectivity index (χ2v) is 42.9. The molecule has 0 spiro atoms. The molecule has 0 aromatic heterocycles. The largest absolute Gasteiger partial charge is 0.534 e. The van der Waals surface area contributed by atoms with Crippen LogP contribution in [0, 0.1) is 0 Å². The van der Waals surface area contributed by atoms with Crippen LogP contribution in [0.15, 0.2) is 114 Å². The molecule has 6 aliphatic heterocycles. The van der Waals surface area contributed by atoms with Crippen LogP contribution in [0.5, 0.6) is 34.5 Å². The van der Waals surface area contributed by atoms with E-state index in [1.807, 2.05) is 18.6 Å². The summed E-state index contributed by atoms with van der Waals surface area (Å²) < 4.78 is 110. The maximum Gasteiger partial charge on any atom is 0.534 e. The van der Waals surface area contributed by atoms with Crippen LogP contribution >= 0.6 is 0 Å². The normalized spacial score (nSPS) is 18.1. The third-order valence-corrected chi connectivity index (χ3v) is 22.7. The number of rotatable bonds is 20. The first-order chi connectivity index (χ1) is 48.2. The van der Waals surface area contributed by atoms with E-state index in [9.17, 15) is 45.6 Å². The summed E-state index contributed by atoms with van der Waals surface area (Å²) in [6.07, 6.45) is 7.03. The van der Waals surface area contributed by atoms with Crippen LogP contribution in [0.25, 0.3) is 11.1 Å². The molecule has 0 fully saturated rings. The summed E-state index contributed by atoms with van der Waals surface area (Å²) in [4.78, 5) is 79.6. The second kappa shape index (κ2) is 30.8. The lowest BCUT2D eigenvalue weighted by molar-refractivity contribution is -0.123. The van der Waals surface area contributed by atoms with Crippen molar-refractivity contribution in [3.05, 3.63) is 148 Å². The van der Waals surface area contributed by atoms with Gasteiger partial charge in [0.05, 0.1) is 82.5 Å². The van der Waals surface area contributed by atoms with Crippen molar-refractivity contribution in [3.63, 3.8) is 0 Å². The molecule has 0 bridgehead atoms. The minimum atomic E-state index is -5.98. The summed E-state index contributed by atoms with van der Waals surface area (Å²) in [5.41, 5.74) is 3.38. The first kappa shape index (κ1) is 78.2. The molecule has 0 radical (unpaired) electrons. The molecular formula is C75H93F3N6O16SSi2. The van der Waals surface area contributed by atoms with E-state index in [2.05, 4.69) is 139 Å². The number of halogens is 3. The van der Waals surface area contributed by atoms with Gasteiger partial charge in [-0.05, 0) is 74.5 Å². The van der Waals surface area contributed by atoms with Gasteiger partial charge in [-0.1, -0.05) is 129 Å². The van der Waals surface area contributed by atoms with Crippen molar-refractivity contribution in [1.82, 2.24) is 14.7 Å². The van der Waals surface area contributed by atoms with Crippen molar-refractivity contribution in [2.45, 2.75) is 147 Å². The van der Waals surface area contributed by atoms with Gasteiger partial charge in [-0.15, -0.1) is 0 Å². The van der Waals surface area contributed by atoms with Gasteiger partial charge >= 0.3 is 15.6 Å². The van der Waals surface area contributed by atoms with Gasteiger partial charge in [-0.2, -0.15) is 21.6 Å². The Balaban J connectivity index is 0.000000181. The molecule has 6 aliphatic rings. The topological polar surface area (TPSA) is 231 Å². The van der Waals surface area contributed by atoms with Crippen LogP contribution in [0.3, 0.4) is 0 Å². The number of anilines is 2. The van der Waals surface area contributed by atoms with Crippen molar-refractivity contribution in [3.8, 4) is 34.5 Å². The Morgan fingerprint density at radius 3 is 1.26 bits per heavy atom. The van der Waals surface area contributed by atoms with Gasteiger partial charge < -0.3 is 51.9 Å². The highest BCUT2D eigenvalue weighted by Crippen LogP contribution is 2.46. The van der Waals surface area contributed by atoms with E-state index in [-0.39, 0.29) is 70.8 Å². The number of amides is 5. The van der Waals surface area contributed by atoms with Crippen molar-refractivity contribution in [1.29, 1.82) is 0 Å². The molecule has 0 unspecified atom stereocenters. The van der Waals surface area contributed by atoms with Crippen LogP contribution < -0.4 is 38.2 Å². The van der Waals surface area contributed by atoms with E-state index in [4.69, 9.17) is 37.9 Å². The number of nitrogens with zero attached hydrogens (tertiary/aromatic N) is 6. The molecular weight excluding hydrogens is 1390 g/mol. The van der Waals surface area contributed by atoms with Crippen LogP contribution in [-0.4, -0.2) is 168 Å². The van der Waals surface area contributed by atoms with E-state index >= 15 is 0 Å². The van der Waals surface area contributed by atoms with Gasteiger partial charge in [-0.3, -0.25) is 43.7 Å². The first-order valence-corrected chi connectivity index (χ1v) is 42.5. The van der Waals surface area contributed by atoms with E-state index < -0.39 is 67.9 Å². The predicted molar refractivity (Wildman–Crippen MR) is 394 cm³/mol. The van der Waals surface area contributed by atoms with Gasteiger partial charge in [0, 0.05) is 91.6 Å². The summed E-state index contributed by atoms with van der Waals surface area (Å²) >= 11 is 0. The number of carbonyl (C=O) groups is 5. The number of alkyl halides is 3. The van der Waals surface area contributed by atoms with Crippen molar-refractivity contribution in [2.75, 3.05) is 79.1 Å². The molecule has 5 aromatic rings. The van der Waals surface area contributed by atoms with Crippen LogP contribution in [-0.2, 0) is 44.2 Å². The van der Waals surface area contributed by atoms with Crippen molar-refractivity contribution >= 4 is 90.2 Å². The van der Waals surface area contributed by atoms with Crippen molar-refractivity contribution in [2.24, 2.45) is 4.99 Å². The SMILES string of the molecule is COc1cc2c(cc1OC)C(=O)N1C=C(c3ccc(C(C)(C)C)cc3)C[C@H]1C=N2.COc1cc2c(cc1OC)N(COCC[Si](C)(C)C)C(=O)[C@@H]1CC(OS(=O)(=O)C(F)(F)F)=CN1C2=O.COc1cc2c(cc1OC)N(COCC[Si](C)(C)C)C(=O)[C@@H]1CC(c3ccc(C(C)(C)C)cc3)=CN1C2=O. The molecule has 0 N–H and O–H groups in total. The maximum absolute atomic E-state index is 14.0. The van der Waals surface area contributed by atoms with Crippen LogP contribution in [0.2, 0.25) is 51.4 Å². The molecule has 11 rings (SSSR count). The molecule has 28 heteroatoms. The van der Waals surface area contributed by atoms with Crippen LogP contribution in [0.1, 0.15) is 114 Å². The molecule has 554 valence electrons. The number of benzene rings is 5. The average molecular weight is 1480 g/mol. The molecule has 0 aliphatic carbocycles. The Morgan fingerprint density at radius 1 is 0.485 bits per heavy atom. The number of fused-ring (bicyclic) bond motifs is 6. The number of carbonyl (C=O) groups excluding carboxylic acids is 5. The van der Waals surface area contributed by atoms with E-state index in [0.29, 0.717) is 65.1 Å². The summed E-state index contributed by atoms with van der Waals surface area (Å²) in [6, 6.07) is 26.3. The minimum absolute atomic E-state index is 0.0199. The first-order valence-electron chi connectivity index (χ1n) is 33.7. The number of aliphatic imine (C=N–C) groups is 1. The van der Waals surface area contributed by atoms with E-state index in [1.165, 1.54) is 56.6 Å². The zero-order chi connectivity index (χ0) is 75.6. The summed E-state index contributed by atoms with van der Waals surface area (Å²) in [5, 5.41) is 0. The molecule has 103 heavy (non-hydrogen) atoms. The lowest BCUT2D eigenvalue weighted by Crippen LogP contribution is -2.45. The number of hydrogen-bond donors (Lipinski definition) is 0. The standard InChI is InChI=1S/C30H40N2O5Si.C24H26N2O3.C21H27F3N2O8SSi/c1-30(2,3)22-11-9-20(10-12-22)21-15-25-29(34)32(19-37-13-14-38(6,7)8)24-17-27(36-5)26(35-4)16-23(24)28(33)31(25)18-21;1-24(2,3)17-8-6-15(7-9-17)16-10-18-13-25-20-12-22(29-5)21(28-4)11-19(20)23(27)26(18)14-16;1-31-17-9-14-15(10-18(17)32-2)26(12-33-6-7-36(3,4)5)20(28)16-8-13(11-25(16)19(14)27)34-35(29,30)21(22,23)24/h9-12,16-18,25H,13-15,19H2,1-8H3;6-9,11-14,18H,10H2,1-5H3;9-11,16H,6-8,12H2,1-5H3/t25-;18-;16-/m000/s1. The maximum atomic E-state index is 14.0. The highest BCUT2D eigenvalue weighted by atomic mass is 32.2. The Hall–Kier alpha value is -8.97. The molecule has 3 atom stereocenters. The Bertz CT molecular complexity index is 4310. The van der Waals surface area contributed by atoms with Gasteiger partial charge in [0.25, 0.3) is 29.5 Å². The van der Waals surface area contributed by atoms with Gasteiger partial charge in [0.15, 0.2) is 34.5 Å². The van der Waals surface area contributed by atoms with E-state index in [0.717, 1.165) is 51.9 Å². The molecule has 6 heterocycles. The minimum Gasteiger partial charge on any atom is -0.493 e. The fraction of sp³-hybridized carbons (Fsp3) is 0.440. The van der Waals surface area contributed by atoms with Gasteiger partial charge in [-0.25, -0.2) is 0 Å². The second-order valence-electron chi connectivity index (χ2n) is 30.1. The molecule has 0 saturated heterocycles. The average Bonchev–Trinajstić information content (AvgIpc) is 1.63.